The summed E-state index contributed by atoms with van der Waals surface area (Å²) in [5.41, 5.74) is 2.29. The van der Waals surface area contributed by atoms with Crippen LogP contribution in [0.1, 0.15) is 62.6 Å². The van der Waals surface area contributed by atoms with Crippen molar-refractivity contribution in [2.45, 2.75) is 58.5 Å². The summed E-state index contributed by atoms with van der Waals surface area (Å²) in [6.07, 6.45) is -1.94. The highest BCUT2D eigenvalue weighted by Gasteiger charge is 2.30. The number of alkyl halides is 3. The summed E-state index contributed by atoms with van der Waals surface area (Å²) in [5, 5.41) is 13.2. The fraction of sp³-hybridized carbons (Fsp3) is 0.387. The fourth-order valence-corrected chi connectivity index (χ4v) is 4.74. The van der Waals surface area contributed by atoms with Crippen LogP contribution in [-0.4, -0.2) is 17.6 Å². The van der Waals surface area contributed by atoms with Crippen LogP contribution in [0.5, 0.6) is 0 Å². The summed E-state index contributed by atoms with van der Waals surface area (Å²) >= 11 is 0. The van der Waals surface area contributed by atoms with Crippen LogP contribution in [0.2, 0.25) is 0 Å². The summed E-state index contributed by atoms with van der Waals surface area (Å²) in [7, 11) is 0. The van der Waals surface area contributed by atoms with Crippen LogP contribution < -0.4 is 5.32 Å². The number of carbonyl (C=O) groups is 1. The van der Waals surface area contributed by atoms with Gasteiger partial charge in [-0.2, -0.15) is 13.2 Å². The molecule has 2 unspecified atom stereocenters. The SMILES string of the molecule is CC(C)CC(C(=O)O)c1cc(NCCCC(C)Cc2cc(F)cc(F)c2)cc(-c2ccc(C(F)(F)F)cc2)c1. The predicted octanol–water partition coefficient (Wildman–Crippen LogP) is 8.94. The molecule has 0 aromatic heterocycles. The van der Waals surface area contributed by atoms with E-state index < -0.39 is 35.3 Å². The average Bonchev–Trinajstić information content (AvgIpc) is 2.83. The first kappa shape index (κ1) is 30.1. The Bertz CT molecular complexity index is 1230. The fourth-order valence-electron chi connectivity index (χ4n) is 4.74. The van der Waals surface area contributed by atoms with Crippen molar-refractivity contribution in [3.05, 3.63) is 89.0 Å². The molecule has 0 aliphatic carbocycles. The number of halogens is 5. The molecular formula is C31H34F5NO2. The minimum atomic E-state index is -4.45. The van der Waals surface area contributed by atoms with Gasteiger partial charge in [-0.1, -0.05) is 39.0 Å². The van der Waals surface area contributed by atoms with Gasteiger partial charge in [-0.15, -0.1) is 0 Å². The van der Waals surface area contributed by atoms with Gasteiger partial charge in [0.25, 0.3) is 0 Å². The highest BCUT2D eigenvalue weighted by Crippen LogP contribution is 2.34. The molecular weight excluding hydrogens is 513 g/mol. The Hall–Kier alpha value is -3.42. The van der Waals surface area contributed by atoms with Gasteiger partial charge in [-0.05, 0) is 96.2 Å². The van der Waals surface area contributed by atoms with Gasteiger partial charge in [0.2, 0.25) is 0 Å². The number of carboxylic acids is 1. The second-order valence-corrected chi connectivity index (χ2v) is 10.6. The largest absolute Gasteiger partial charge is 0.481 e. The molecule has 0 heterocycles. The van der Waals surface area contributed by atoms with Gasteiger partial charge >= 0.3 is 12.1 Å². The third-order valence-electron chi connectivity index (χ3n) is 6.62. The topological polar surface area (TPSA) is 49.3 Å². The number of hydrogen-bond acceptors (Lipinski definition) is 2. The first-order chi connectivity index (χ1) is 18.3. The molecule has 0 amide bonds. The third-order valence-corrected chi connectivity index (χ3v) is 6.62. The summed E-state index contributed by atoms with van der Waals surface area (Å²) < 4.78 is 66.1. The lowest BCUT2D eigenvalue weighted by Crippen LogP contribution is -2.15. The van der Waals surface area contributed by atoms with E-state index in [0.717, 1.165) is 31.0 Å². The molecule has 8 heteroatoms. The molecule has 0 bridgehead atoms. The molecule has 0 aliphatic heterocycles. The Kier molecular flexibility index (Phi) is 10.1. The number of hydrogen-bond donors (Lipinski definition) is 2. The number of anilines is 1. The van der Waals surface area contributed by atoms with Crippen molar-refractivity contribution in [3.63, 3.8) is 0 Å². The van der Waals surface area contributed by atoms with Crippen LogP contribution in [0.3, 0.4) is 0 Å². The van der Waals surface area contributed by atoms with Crippen LogP contribution >= 0.6 is 0 Å². The molecule has 2 atom stereocenters. The van der Waals surface area contributed by atoms with Gasteiger partial charge in [-0.3, -0.25) is 4.79 Å². The smallest absolute Gasteiger partial charge is 0.416 e. The molecule has 0 spiro atoms. The maximum absolute atomic E-state index is 13.5. The molecule has 3 rings (SSSR count). The summed E-state index contributed by atoms with van der Waals surface area (Å²) in [5.74, 6) is -2.59. The zero-order valence-corrected chi connectivity index (χ0v) is 22.3. The van der Waals surface area contributed by atoms with E-state index in [0.29, 0.717) is 47.3 Å². The third kappa shape index (κ3) is 9.08. The van der Waals surface area contributed by atoms with E-state index in [-0.39, 0.29) is 11.8 Å². The van der Waals surface area contributed by atoms with Gasteiger partial charge in [0.15, 0.2) is 0 Å². The van der Waals surface area contributed by atoms with E-state index in [2.05, 4.69) is 5.32 Å². The molecule has 0 radical (unpaired) electrons. The van der Waals surface area contributed by atoms with E-state index in [1.807, 2.05) is 20.8 Å². The maximum atomic E-state index is 13.5. The Morgan fingerprint density at radius 1 is 0.897 bits per heavy atom. The highest BCUT2D eigenvalue weighted by atomic mass is 19.4. The average molecular weight is 548 g/mol. The molecule has 2 N–H and O–H groups in total. The molecule has 0 saturated carbocycles. The number of benzene rings is 3. The predicted molar refractivity (Wildman–Crippen MR) is 144 cm³/mol. The number of nitrogens with one attached hydrogen (secondary N) is 1. The van der Waals surface area contributed by atoms with Crippen molar-refractivity contribution >= 4 is 11.7 Å². The van der Waals surface area contributed by atoms with E-state index in [1.54, 1.807) is 18.2 Å². The van der Waals surface area contributed by atoms with Crippen LogP contribution in [0.15, 0.2) is 60.7 Å². The van der Waals surface area contributed by atoms with Crippen LogP contribution in [0, 0.1) is 23.5 Å². The van der Waals surface area contributed by atoms with E-state index in [9.17, 15) is 31.9 Å². The Labute approximate surface area is 226 Å². The minimum Gasteiger partial charge on any atom is -0.481 e. The molecule has 3 aromatic carbocycles. The Balaban J connectivity index is 1.76. The van der Waals surface area contributed by atoms with E-state index >= 15 is 0 Å². The second kappa shape index (κ2) is 13.1. The standard InChI is InChI=1S/C31H34F5NO2/c1-19(2)11-29(30(38)39)24-15-23(22-6-8-25(9-7-22)31(34,35)36)16-28(17-24)37-10-4-5-20(3)12-21-13-26(32)18-27(33)14-21/h6-9,13-20,29,37H,4-5,10-12H2,1-3H3,(H,38,39). The number of rotatable bonds is 12. The first-order valence-corrected chi connectivity index (χ1v) is 13.1. The normalized spacial score (nSPS) is 13.4. The van der Waals surface area contributed by atoms with Gasteiger partial charge in [0, 0.05) is 18.3 Å². The minimum absolute atomic E-state index is 0.130. The molecule has 210 valence electrons. The molecule has 3 aromatic rings. The number of carboxylic acid groups (broad SMARTS) is 1. The van der Waals surface area contributed by atoms with Gasteiger partial charge in [0.05, 0.1) is 11.5 Å². The van der Waals surface area contributed by atoms with Crippen molar-refractivity contribution in [3.8, 4) is 11.1 Å². The van der Waals surface area contributed by atoms with Gasteiger partial charge in [0.1, 0.15) is 11.6 Å². The lowest BCUT2D eigenvalue weighted by atomic mass is 9.88. The summed E-state index contributed by atoms with van der Waals surface area (Å²) in [6, 6.07) is 13.7. The van der Waals surface area contributed by atoms with E-state index in [4.69, 9.17) is 0 Å². The lowest BCUT2D eigenvalue weighted by molar-refractivity contribution is -0.139. The van der Waals surface area contributed by atoms with Gasteiger partial charge in [-0.25, -0.2) is 8.78 Å². The van der Waals surface area contributed by atoms with Crippen LogP contribution in [-0.2, 0) is 17.4 Å². The molecule has 0 aliphatic rings. The molecule has 0 saturated heterocycles. The van der Waals surface area contributed by atoms with Crippen LogP contribution in [0.25, 0.3) is 11.1 Å². The van der Waals surface area contributed by atoms with Crippen molar-refractivity contribution in [1.29, 1.82) is 0 Å². The van der Waals surface area contributed by atoms with Crippen molar-refractivity contribution in [2.24, 2.45) is 11.8 Å². The summed E-state index contributed by atoms with van der Waals surface area (Å²) in [4.78, 5) is 12.1. The second-order valence-electron chi connectivity index (χ2n) is 10.6. The molecule has 3 nitrogen and oxygen atoms in total. The quantitative estimate of drug-likeness (QED) is 0.176. The summed E-state index contributed by atoms with van der Waals surface area (Å²) in [6.45, 7) is 6.46. The lowest BCUT2D eigenvalue weighted by Gasteiger charge is -2.19. The van der Waals surface area contributed by atoms with E-state index in [1.165, 1.54) is 24.3 Å². The van der Waals surface area contributed by atoms with Gasteiger partial charge < -0.3 is 10.4 Å². The highest BCUT2D eigenvalue weighted by molar-refractivity contribution is 5.79. The maximum Gasteiger partial charge on any atom is 0.416 e. The zero-order chi connectivity index (χ0) is 28.7. The Morgan fingerprint density at radius 3 is 2.10 bits per heavy atom. The zero-order valence-electron chi connectivity index (χ0n) is 22.3. The van der Waals surface area contributed by atoms with Crippen molar-refractivity contribution < 1.29 is 31.9 Å². The Morgan fingerprint density at radius 2 is 1.54 bits per heavy atom. The van der Waals surface area contributed by atoms with Crippen LogP contribution in [0.4, 0.5) is 27.6 Å². The first-order valence-electron chi connectivity index (χ1n) is 13.1. The monoisotopic (exact) mass is 547 g/mol. The van der Waals surface area contributed by atoms with Crippen molar-refractivity contribution in [2.75, 3.05) is 11.9 Å². The molecule has 39 heavy (non-hydrogen) atoms. The number of aliphatic carboxylic acids is 1. The molecule has 0 fully saturated rings. The van der Waals surface area contributed by atoms with Crippen molar-refractivity contribution in [1.82, 2.24) is 0 Å².